The van der Waals surface area contributed by atoms with Crippen molar-refractivity contribution in [2.45, 2.75) is 51.1 Å². The summed E-state index contributed by atoms with van der Waals surface area (Å²) >= 11 is 1.31. The minimum Gasteiger partial charge on any atom is -0.325 e. The molecule has 1 aromatic heterocycles. The summed E-state index contributed by atoms with van der Waals surface area (Å²) in [7, 11) is 0. The van der Waals surface area contributed by atoms with Gasteiger partial charge in [0.2, 0.25) is 5.91 Å². The van der Waals surface area contributed by atoms with Gasteiger partial charge in [-0.25, -0.2) is 4.98 Å². The lowest BCUT2D eigenvalue weighted by Crippen LogP contribution is -2.28. The molecule has 146 valence electrons. The molecule has 3 aromatic rings. The summed E-state index contributed by atoms with van der Waals surface area (Å²) in [6, 6.07) is 13.2. The third-order valence-electron chi connectivity index (χ3n) is 4.67. The van der Waals surface area contributed by atoms with Gasteiger partial charge in [0.05, 0.1) is 16.2 Å². The number of hydrogen-bond donors (Lipinski definition) is 1. The normalized spacial score (nSPS) is 12.4. The summed E-state index contributed by atoms with van der Waals surface area (Å²) in [4.78, 5) is 30.4. The highest BCUT2D eigenvalue weighted by molar-refractivity contribution is 8.00. The predicted octanol–water partition coefficient (Wildman–Crippen LogP) is 4.71. The van der Waals surface area contributed by atoms with E-state index < -0.39 is 5.25 Å². The van der Waals surface area contributed by atoms with Crippen LogP contribution in [0, 0.1) is 13.8 Å². The van der Waals surface area contributed by atoms with Crippen LogP contribution in [0.5, 0.6) is 0 Å². The standard InChI is InChI=1S/C22H25N3O2S/c1-13(2)25-21(27)17-11-6-7-12-18(17)23-22(25)28-16(5)20(26)24-19-14(3)9-8-10-15(19)4/h6-13,16H,1-5H3,(H,24,26)/t16-/m0/s1. The number of carbonyl (C=O) groups excluding carboxylic acids is 1. The van der Waals surface area contributed by atoms with E-state index in [4.69, 9.17) is 0 Å². The minimum atomic E-state index is -0.405. The van der Waals surface area contributed by atoms with Gasteiger partial charge in [-0.1, -0.05) is 42.1 Å². The monoisotopic (exact) mass is 395 g/mol. The molecule has 5 nitrogen and oxygen atoms in total. The van der Waals surface area contributed by atoms with Crippen LogP contribution in [0.15, 0.2) is 52.4 Å². The number of amides is 1. The molecule has 1 heterocycles. The van der Waals surface area contributed by atoms with E-state index in [0.29, 0.717) is 16.1 Å². The Bertz CT molecular complexity index is 1070. The lowest BCUT2D eigenvalue weighted by molar-refractivity contribution is -0.115. The van der Waals surface area contributed by atoms with Crippen LogP contribution < -0.4 is 10.9 Å². The number of anilines is 1. The van der Waals surface area contributed by atoms with Crippen LogP contribution in [0.1, 0.15) is 37.9 Å². The summed E-state index contributed by atoms with van der Waals surface area (Å²) in [6.07, 6.45) is 0. The third kappa shape index (κ3) is 3.97. The van der Waals surface area contributed by atoms with E-state index in [2.05, 4.69) is 10.3 Å². The number of rotatable bonds is 5. The Morgan fingerprint density at radius 1 is 1.04 bits per heavy atom. The molecule has 0 bridgehead atoms. The van der Waals surface area contributed by atoms with E-state index in [9.17, 15) is 9.59 Å². The number of benzene rings is 2. The van der Waals surface area contributed by atoms with Crippen LogP contribution in [0.25, 0.3) is 10.9 Å². The molecule has 1 N–H and O–H groups in total. The Hall–Kier alpha value is -2.60. The first-order valence-electron chi connectivity index (χ1n) is 9.34. The molecule has 0 saturated carbocycles. The summed E-state index contributed by atoms with van der Waals surface area (Å²) in [5.41, 5.74) is 3.45. The lowest BCUT2D eigenvalue weighted by atomic mass is 10.1. The van der Waals surface area contributed by atoms with Gasteiger partial charge in [0.25, 0.3) is 5.56 Å². The van der Waals surface area contributed by atoms with Crippen molar-refractivity contribution in [1.29, 1.82) is 0 Å². The molecule has 1 amide bonds. The zero-order valence-electron chi connectivity index (χ0n) is 16.8. The summed E-state index contributed by atoms with van der Waals surface area (Å²) < 4.78 is 1.66. The molecular weight excluding hydrogens is 370 g/mol. The fourth-order valence-electron chi connectivity index (χ4n) is 3.11. The summed E-state index contributed by atoms with van der Waals surface area (Å²) in [5, 5.41) is 3.77. The highest BCUT2D eigenvalue weighted by Gasteiger charge is 2.21. The van der Waals surface area contributed by atoms with E-state index >= 15 is 0 Å². The topological polar surface area (TPSA) is 64.0 Å². The SMILES string of the molecule is Cc1cccc(C)c1NC(=O)[C@H](C)Sc1nc2ccccc2c(=O)n1C(C)C. The van der Waals surface area contributed by atoms with E-state index in [1.807, 2.05) is 71.0 Å². The second-order valence-corrected chi connectivity index (χ2v) is 8.50. The first kappa shape index (κ1) is 20.1. The van der Waals surface area contributed by atoms with Crippen molar-refractivity contribution >= 4 is 34.3 Å². The Balaban J connectivity index is 1.92. The van der Waals surface area contributed by atoms with E-state index in [1.54, 1.807) is 10.6 Å². The zero-order valence-corrected chi connectivity index (χ0v) is 17.6. The van der Waals surface area contributed by atoms with Gasteiger partial charge in [0, 0.05) is 11.7 Å². The molecule has 0 aliphatic rings. The largest absolute Gasteiger partial charge is 0.325 e. The number of hydrogen-bond acceptors (Lipinski definition) is 4. The third-order valence-corrected chi connectivity index (χ3v) is 5.74. The summed E-state index contributed by atoms with van der Waals surface area (Å²) in [6.45, 7) is 9.68. The molecule has 0 aliphatic heterocycles. The highest BCUT2D eigenvalue weighted by Crippen LogP contribution is 2.27. The van der Waals surface area contributed by atoms with Crippen molar-refractivity contribution in [1.82, 2.24) is 9.55 Å². The van der Waals surface area contributed by atoms with Gasteiger partial charge in [0.1, 0.15) is 0 Å². The van der Waals surface area contributed by atoms with Crippen LogP contribution in [0.2, 0.25) is 0 Å². The maximum Gasteiger partial charge on any atom is 0.262 e. The van der Waals surface area contributed by atoms with Gasteiger partial charge in [-0.3, -0.25) is 14.2 Å². The van der Waals surface area contributed by atoms with Gasteiger partial charge in [-0.2, -0.15) is 0 Å². The molecule has 0 unspecified atom stereocenters. The fraction of sp³-hybridized carbons (Fsp3) is 0.318. The van der Waals surface area contributed by atoms with Gasteiger partial charge < -0.3 is 5.32 Å². The van der Waals surface area contributed by atoms with E-state index in [-0.39, 0.29) is 17.5 Å². The Labute approximate surface area is 169 Å². The fourth-order valence-corrected chi connectivity index (χ4v) is 4.15. The van der Waals surface area contributed by atoms with Gasteiger partial charge in [-0.15, -0.1) is 0 Å². The number of aromatic nitrogens is 2. The minimum absolute atomic E-state index is 0.0546. The highest BCUT2D eigenvalue weighted by atomic mass is 32.2. The van der Waals surface area contributed by atoms with Gasteiger partial charge in [-0.05, 0) is 57.9 Å². The molecule has 0 saturated heterocycles. The van der Waals surface area contributed by atoms with Crippen LogP contribution in [-0.4, -0.2) is 20.7 Å². The first-order valence-corrected chi connectivity index (χ1v) is 10.2. The number of nitrogens with one attached hydrogen (secondary N) is 1. The quantitative estimate of drug-likeness (QED) is 0.502. The number of aryl methyl sites for hydroxylation is 2. The van der Waals surface area contributed by atoms with Crippen LogP contribution in [0.3, 0.4) is 0 Å². The predicted molar refractivity (Wildman–Crippen MR) is 116 cm³/mol. The van der Waals surface area contributed by atoms with Crippen LogP contribution >= 0.6 is 11.8 Å². The molecule has 0 aliphatic carbocycles. The number of thioether (sulfide) groups is 1. The zero-order chi connectivity index (χ0) is 20.4. The second kappa shape index (κ2) is 8.19. The summed E-state index contributed by atoms with van der Waals surface area (Å²) in [5.74, 6) is -0.111. The van der Waals surface area contributed by atoms with E-state index in [1.165, 1.54) is 11.8 Å². The maximum absolute atomic E-state index is 12.9. The Morgan fingerprint density at radius 3 is 2.32 bits per heavy atom. The van der Waals surface area contributed by atoms with Crippen molar-refractivity contribution in [2.75, 3.05) is 5.32 Å². The Kier molecular flexibility index (Phi) is 5.89. The molecule has 28 heavy (non-hydrogen) atoms. The number of fused-ring (bicyclic) bond motifs is 1. The molecule has 1 atom stereocenters. The second-order valence-electron chi connectivity index (χ2n) is 7.20. The Morgan fingerprint density at radius 2 is 1.68 bits per heavy atom. The number of nitrogens with zero attached hydrogens (tertiary/aromatic N) is 2. The average molecular weight is 396 g/mol. The van der Waals surface area contributed by atoms with Crippen molar-refractivity contribution in [2.24, 2.45) is 0 Å². The van der Waals surface area contributed by atoms with E-state index in [0.717, 1.165) is 16.8 Å². The van der Waals surface area contributed by atoms with Crippen molar-refractivity contribution in [3.63, 3.8) is 0 Å². The lowest BCUT2D eigenvalue weighted by Gasteiger charge is -2.19. The molecule has 3 rings (SSSR count). The number of para-hydroxylation sites is 2. The molecule has 0 fully saturated rings. The van der Waals surface area contributed by atoms with Crippen LogP contribution in [-0.2, 0) is 4.79 Å². The molecule has 6 heteroatoms. The van der Waals surface area contributed by atoms with Crippen molar-refractivity contribution < 1.29 is 4.79 Å². The molecule has 0 radical (unpaired) electrons. The molecular formula is C22H25N3O2S. The van der Waals surface area contributed by atoms with Crippen molar-refractivity contribution in [3.8, 4) is 0 Å². The average Bonchev–Trinajstić information content (AvgIpc) is 2.64. The maximum atomic E-state index is 12.9. The first-order chi connectivity index (χ1) is 13.3. The molecule has 2 aromatic carbocycles. The smallest absolute Gasteiger partial charge is 0.262 e. The molecule has 0 spiro atoms. The van der Waals surface area contributed by atoms with Gasteiger partial charge >= 0.3 is 0 Å². The van der Waals surface area contributed by atoms with Gasteiger partial charge in [0.15, 0.2) is 5.16 Å². The number of carbonyl (C=O) groups is 1. The van der Waals surface area contributed by atoms with Crippen LogP contribution in [0.4, 0.5) is 5.69 Å². The van der Waals surface area contributed by atoms with Crippen molar-refractivity contribution in [3.05, 3.63) is 63.9 Å².